The lowest BCUT2D eigenvalue weighted by molar-refractivity contribution is -0.177. The Morgan fingerprint density at radius 2 is 1.83 bits per heavy atom. The van der Waals surface area contributed by atoms with E-state index in [0.29, 0.717) is 0 Å². The summed E-state index contributed by atoms with van der Waals surface area (Å²) < 4.78 is 6.04. The smallest absolute Gasteiger partial charge is 0.251 e. The molecule has 0 bridgehead atoms. The molecule has 0 aromatic carbocycles. The number of hydrogen-bond acceptors (Lipinski definition) is 4. The summed E-state index contributed by atoms with van der Waals surface area (Å²) in [6, 6.07) is 0. The molecule has 5 nitrogen and oxygen atoms in total. The molecule has 0 unspecified atom stereocenters. The molecule has 0 heterocycles. The number of hydroxylamine groups is 2. The van der Waals surface area contributed by atoms with E-state index in [-0.39, 0.29) is 30.5 Å². The SMILES string of the molecule is CON(C)C(=O)[C@@H](C)[C@H](O[Si](C)(C)C)[C@H](C)CO. The molecule has 0 aromatic heterocycles. The van der Waals surface area contributed by atoms with Gasteiger partial charge in [0.15, 0.2) is 8.32 Å². The first kappa shape index (κ1) is 17.6. The maximum Gasteiger partial charge on any atom is 0.251 e. The van der Waals surface area contributed by atoms with Crippen LogP contribution in [0.25, 0.3) is 0 Å². The van der Waals surface area contributed by atoms with Gasteiger partial charge in [-0.3, -0.25) is 9.63 Å². The maximum atomic E-state index is 12.1. The van der Waals surface area contributed by atoms with Crippen molar-refractivity contribution >= 4 is 14.2 Å². The summed E-state index contributed by atoms with van der Waals surface area (Å²) in [5.41, 5.74) is 0. The van der Waals surface area contributed by atoms with Crippen LogP contribution in [-0.2, 0) is 14.1 Å². The molecule has 0 aromatic rings. The molecule has 6 heteroatoms. The number of hydrogen-bond donors (Lipinski definition) is 1. The van der Waals surface area contributed by atoms with Gasteiger partial charge in [-0.2, -0.15) is 0 Å². The van der Waals surface area contributed by atoms with Crippen molar-refractivity contribution in [3.05, 3.63) is 0 Å². The zero-order chi connectivity index (χ0) is 14.5. The number of aliphatic hydroxyl groups is 1. The van der Waals surface area contributed by atoms with Crippen LogP contribution in [0.1, 0.15) is 13.8 Å². The molecule has 0 radical (unpaired) electrons. The summed E-state index contributed by atoms with van der Waals surface area (Å²) in [5, 5.41) is 10.5. The number of nitrogens with zero attached hydrogens (tertiary/aromatic N) is 1. The predicted molar refractivity (Wildman–Crippen MR) is 73.4 cm³/mol. The molecule has 0 spiro atoms. The highest BCUT2D eigenvalue weighted by atomic mass is 28.4. The van der Waals surface area contributed by atoms with Crippen molar-refractivity contribution in [2.24, 2.45) is 11.8 Å². The van der Waals surface area contributed by atoms with Crippen LogP contribution in [0.2, 0.25) is 19.6 Å². The van der Waals surface area contributed by atoms with Crippen molar-refractivity contribution in [1.82, 2.24) is 5.06 Å². The van der Waals surface area contributed by atoms with Gasteiger partial charge in [-0.25, -0.2) is 5.06 Å². The summed E-state index contributed by atoms with van der Waals surface area (Å²) in [7, 11) is 1.25. The highest BCUT2D eigenvalue weighted by Crippen LogP contribution is 2.23. The van der Waals surface area contributed by atoms with Crippen molar-refractivity contribution in [1.29, 1.82) is 0 Å². The summed E-state index contributed by atoms with van der Waals surface area (Å²) in [6.07, 6.45) is -0.285. The normalized spacial score (nSPS) is 17.1. The Bertz CT molecular complexity index is 267. The molecular formula is C12H27NO4Si. The molecule has 0 saturated heterocycles. The van der Waals surface area contributed by atoms with Crippen LogP contribution in [0.5, 0.6) is 0 Å². The molecule has 0 aliphatic heterocycles. The minimum atomic E-state index is -1.78. The minimum Gasteiger partial charge on any atom is -0.414 e. The molecule has 3 atom stereocenters. The lowest BCUT2D eigenvalue weighted by atomic mass is 9.93. The number of carbonyl (C=O) groups is 1. The Labute approximate surface area is 111 Å². The number of rotatable bonds is 7. The third kappa shape index (κ3) is 5.47. The number of carbonyl (C=O) groups excluding carboxylic acids is 1. The van der Waals surface area contributed by atoms with Crippen LogP contribution in [0.15, 0.2) is 0 Å². The number of amides is 1. The second kappa shape index (κ2) is 7.23. The van der Waals surface area contributed by atoms with Gasteiger partial charge in [0.1, 0.15) is 0 Å². The van der Waals surface area contributed by atoms with Crippen LogP contribution < -0.4 is 0 Å². The van der Waals surface area contributed by atoms with Crippen molar-refractivity contribution in [2.45, 2.75) is 39.6 Å². The zero-order valence-corrected chi connectivity index (χ0v) is 13.6. The van der Waals surface area contributed by atoms with E-state index in [9.17, 15) is 9.90 Å². The van der Waals surface area contributed by atoms with Crippen molar-refractivity contribution in [3.63, 3.8) is 0 Å². The maximum absolute atomic E-state index is 12.1. The fraction of sp³-hybridized carbons (Fsp3) is 0.917. The fourth-order valence-electron chi connectivity index (χ4n) is 1.74. The van der Waals surface area contributed by atoms with E-state index in [1.54, 1.807) is 7.05 Å². The topological polar surface area (TPSA) is 59.0 Å². The van der Waals surface area contributed by atoms with Gasteiger partial charge in [-0.05, 0) is 19.6 Å². The summed E-state index contributed by atoms with van der Waals surface area (Å²) in [4.78, 5) is 17.0. The Hall–Kier alpha value is -0.433. The van der Waals surface area contributed by atoms with Crippen molar-refractivity contribution in [2.75, 3.05) is 20.8 Å². The molecule has 0 aliphatic rings. The first-order valence-corrected chi connectivity index (χ1v) is 9.65. The van der Waals surface area contributed by atoms with E-state index in [1.165, 1.54) is 12.2 Å². The van der Waals surface area contributed by atoms with Gasteiger partial charge >= 0.3 is 0 Å². The van der Waals surface area contributed by atoms with Crippen LogP contribution >= 0.6 is 0 Å². The second-order valence-electron chi connectivity index (χ2n) is 5.66. The van der Waals surface area contributed by atoms with Crippen LogP contribution in [0.3, 0.4) is 0 Å². The summed E-state index contributed by atoms with van der Waals surface area (Å²) in [5.74, 6) is -0.564. The number of aliphatic hydroxyl groups excluding tert-OH is 1. The standard InChI is InChI=1S/C12H27NO4Si/c1-9(8-14)11(17-18(5,6)7)10(2)12(15)13(3)16-4/h9-11,14H,8H2,1-7H3/t9-,10+,11-/m1/s1. The van der Waals surface area contributed by atoms with E-state index in [4.69, 9.17) is 9.26 Å². The van der Waals surface area contributed by atoms with Gasteiger partial charge in [-0.1, -0.05) is 13.8 Å². The summed E-state index contributed by atoms with van der Waals surface area (Å²) >= 11 is 0. The first-order chi connectivity index (χ1) is 8.14. The third-order valence-corrected chi connectivity index (χ3v) is 3.78. The molecule has 0 saturated carbocycles. The van der Waals surface area contributed by atoms with Crippen molar-refractivity contribution < 1.29 is 19.2 Å². The lowest BCUT2D eigenvalue weighted by Gasteiger charge is -2.34. The Morgan fingerprint density at radius 1 is 1.33 bits per heavy atom. The molecule has 0 aliphatic carbocycles. The van der Waals surface area contributed by atoms with Crippen LogP contribution in [-0.4, -0.2) is 51.3 Å². The lowest BCUT2D eigenvalue weighted by Crippen LogP contribution is -2.46. The third-order valence-electron chi connectivity index (χ3n) is 2.81. The van der Waals surface area contributed by atoms with E-state index in [0.717, 1.165) is 0 Å². The molecule has 0 fully saturated rings. The zero-order valence-electron chi connectivity index (χ0n) is 12.6. The Kier molecular flexibility index (Phi) is 7.05. The van der Waals surface area contributed by atoms with Gasteiger partial charge < -0.3 is 9.53 Å². The molecule has 1 amide bonds. The Balaban J connectivity index is 4.90. The molecular weight excluding hydrogens is 250 g/mol. The van der Waals surface area contributed by atoms with E-state index >= 15 is 0 Å². The van der Waals surface area contributed by atoms with Crippen molar-refractivity contribution in [3.8, 4) is 0 Å². The van der Waals surface area contributed by atoms with Crippen LogP contribution in [0, 0.1) is 11.8 Å². The van der Waals surface area contributed by atoms with E-state index in [2.05, 4.69) is 19.6 Å². The quantitative estimate of drug-likeness (QED) is 0.566. The molecule has 0 rings (SSSR count). The largest absolute Gasteiger partial charge is 0.414 e. The minimum absolute atomic E-state index is 0.00344. The van der Waals surface area contributed by atoms with E-state index < -0.39 is 8.32 Å². The average Bonchev–Trinajstić information content (AvgIpc) is 2.30. The van der Waals surface area contributed by atoms with Crippen LogP contribution in [0.4, 0.5) is 0 Å². The highest BCUT2D eigenvalue weighted by Gasteiger charge is 2.34. The fourth-order valence-corrected chi connectivity index (χ4v) is 2.99. The monoisotopic (exact) mass is 277 g/mol. The first-order valence-electron chi connectivity index (χ1n) is 6.24. The second-order valence-corrected chi connectivity index (χ2v) is 10.1. The van der Waals surface area contributed by atoms with Gasteiger partial charge in [0.25, 0.3) is 5.91 Å². The molecule has 1 N–H and O–H groups in total. The van der Waals surface area contributed by atoms with Gasteiger partial charge in [-0.15, -0.1) is 0 Å². The Morgan fingerprint density at radius 3 is 2.17 bits per heavy atom. The molecule has 18 heavy (non-hydrogen) atoms. The van der Waals surface area contributed by atoms with Gasteiger partial charge in [0, 0.05) is 19.6 Å². The molecule has 108 valence electrons. The van der Waals surface area contributed by atoms with E-state index in [1.807, 2.05) is 13.8 Å². The van der Waals surface area contributed by atoms with Gasteiger partial charge in [0.05, 0.1) is 19.1 Å². The van der Waals surface area contributed by atoms with Gasteiger partial charge in [0.2, 0.25) is 0 Å². The summed E-state index contributed by atoms with van der Waals surface area (Å²) in [6.45, 7) is 9.92. The highest BCUT2D eigenvalue weighted by molar-refractivity contribution is 6.69. The predicted octanol–water partition coefficient (Wildman–Crippen LogP) is 1.49. The average molecular weight is 277 g/mol.